The van der Waals surface area contributed by atoms with Crippen LogP contribution in [0.25, 0.3) is 10.9 Å². The number of aromatic nitrogens is 1. The number of nitrogens with zero attached hydrogens (tertiary/aromatic N) is 2. The molecule has 3 fully saturated rings. The first-order valence-electron chi connectivity index (χ1n) is 10.7. The fourth-order valence-corrected chi connectivity index (χ4v) is 5.80. The molecule has 1 saturated heterocycles. The third kappa shape index (κ3) is 2.95. The minimum Gasteiger partial charge on any atom is -0.458 e. The number of benzene rings is 1. The highest BCUT2D eigenvalue weighted by atomic mass is 16.5. The number of para-hydroxylation sites is 1. The van der Waals surface area contributed by atoms with Gasteiger partial charge in [-0.1, -0.05) is 18.2 Å². The number of esters is 1. The first-order chi connectivity index (χ1) is 14.5. The third-order valence-electron chi connectivity index (χ3n) is 7.10. The van der Waals surface area contributed by atoms with Crippen LogP contribution in [0.3, 0.4) is 0 Å². The van der Waals surface area contributed by atoms with Gasteiger partial charge in [-0.25, -0.2) is 4.79 Å². The van der Waals surface area contributed by atoms with Gasteiger partial charge < -0.3 is 14.6 Å². The van der Waals surface area contributed by atoms with Gasteiger partial charge in [0.2, 0.25) is 11.8 Å². The van der Waals surface area contributed by atoms with E-state index in [1.165, 1.54) is 4.90 Å². The quantitative estimate of drug-likeness (QED) is 0.585. The number of carbonyl (C=O) groups is 3. The van der Waals surface area contributed by atoms with Crippen molar-refractivity contribution in [3.05, 3.63) is 36.0 Å². The van der Waals surface area contributed by atoms with E-state index in [2.05, 4.69) is 9.88 Å². The standard InChI is InChI=1S/C23H27N3O4/c1-25(2)8-5-9-26-21(27)19-13-10-15(20(19)22(26)28)18(11-13)30-23(29)16-12-24-17-7-4-3-6-14(16)17/h3-4,6-7,12-13,15,18-20,24H,5,8-11H2,1-2H3/t13-,15+,18-,19+,20-/m0/s1. The summed E-state index contributed by atoms with van der Waals surface area (Å²) in [7, 11) is 3.96. The van der Waals surface area contributed by atoms with Gasteiger partial charge in [-0.2, -0.15) is 0 Å². The Kier molecular flexibility index (Phi) is 4.65. The van der Waals surface area contributed by atoms with Crippen molar-refractivity contribution < 1.29 is 19.1 Å². The first-order valence-corrected chi connectivity index (χ1v) is 10.7. The van der Waals surface area contributed by atoms with Crippen LogP contribution < -0.4 is 0 Å². The van der Waals surface area contributed by atoms with Crippen LogP contribution in [-0.4, -0.2) is 65.9 Å². The summed E-state index contributed by atoms with van der Waals surface area (Å²) in [5.74, 6) is -0.898. The van der Waals surface area contributed by atoms with Gasteiger partial charge in [0.05, 0.1) is 17.4 Å². The number of likely N-dealkylation sites (tertiary alicyclic amines) is 1. The van der Waals surface area contributed by atoms with Gasteiger partial charge in [-0.3, -0.25) is 14.5 Å². The number of ether oxygens (including phenoxy) is 1. The van der Waals surface area contributed by atoms with Crippen molar-refractivity contribution in [1.29, 1.82) is 0 Å². The fraction of sp³-hybridized carbons (Fsp3) is 0.522. The van der Waals surface area contributed by atoms with Crippen LogP contribution in [0.5, 0.6) is 0 Å². The molecule has 0 spiro atoms. The molecular formula is C23H27N3O4. The molecule has 1 aromatic carbocycles. The van der Waals surface area contributed by atoms with Crippen LogP contribution in [0.15, 0.2) is 30.5 Å². The summed E-state index contributed by atoms with van der Waals surface area (Å²) < 4.78 is 5.89. The van der Waals surface area contributed by atoms with Crippen LogP contribution in [-0.2, 0) is 14.3 Å². The highest BCUT2D eigenvalue weighted by molar-refractivity contribution is 6.06. The maximum atomic E-state index is 13.0. The Balaban J connectivity index is 1.29. The molecule has 2 bridgehead atoms. The van der Waals surface area contributed by atoms with Crippen molar-refractivity contribution in [1.82, 2.24) is 14.8 Å². The summed E-state index contributed by atoms with van der Waals surface area (Å²) in [4.78, 5) is 45.4. The molecule has 2 heterocycles. The van der Waals surface area contributed by atoms with Crippen molar-refractivity contribution >= 4 is 28.7 Å². The van der Waals surface area contributed by atoms with Gasteiger partial charge in [0.25, 0.3) is 0 Å². The molecule has 5 atom stereocenters. The number of amides is 2. The summed E-state index contributed by atoms with van der Waals surface area (Å²) in [6.45, 7) is 1.31. The molecule has 0 unspecified atom stereocenters. The Morgan fingerprint density at radius 1 is 1.17 bits per heavy atom. The molecule has 2 aliphatic carbocycles. The molecule has 3 aliphatic rings. The molecule has 7 nitrogen and oxygen atoms in total. The first kappa shape index (κ1) is 19.3. The maximum absolute atomic E-state index is 13.0. The van der Waals surface area contributed by atoms with E-state index in [0.29, 0.717) is 18.5 Å². The van der Waals surface area contributed by atoms with Crippen LogP contribution in [0.2, 0.25) is 0 Å². The zero-order valence-electron chi connectivity index (χ0n) is 17.3. The van der Waals surface area contributed by atoms with E-state index < -0.39 is 0 Å². The number of hydrogen-bond acceptors (Lipinski definition) is 5. The van der Waals surface area contributed by atoms with Gasteiger partial charge in [0.1, 0.15) is 6.10 Å². The van der Waals surface area contributed by atoms with Crippen molar-refractivity contribution in [3.8, 4) is 0 Å². The molecule has 30 heavy (non-hydrogen) atoms. The SMILES string of the molecule is CN(C)CCCN1C(=O)[C@@H]2[C@H]3C[C@@H]([C@@H]2C1=O)[C@@H](OC(=O)c1c[nH]c2ccccc12)C3. The van der Waals surface area contributed by atoms with Gasteiger partial charge in [-0.15, -0.1) is 0 Å². The molecule has 1 aliphatic heterocycles. The molecule has 2 amide bonds. The van der Waals surface area contributed by atoms with Crippen LogP contribution in [0, 0.1) is 23.7 Å². The molecule has 0 radical (unpaired) electrons. The number of nitrogens with one attached hydrogen (secondary N) is 1. The number of rotatable bonds is 6. The lowest BCUT2D eigenvalue weighted by molar-refractivity contribution is -0.141. The molecule has 1 N–H and O–H groups in total. The van der Waals surface area contributed by atoms with Crippen molar-refractivity contribution in [2.75, 3.05) is 27.2 Å². The number of H-pyrrole nitrogens is 1. The Morgan fingerprint density at radius 3 is 2.73 bits per heavy atom. The average molecular weight is 409 g/mol. The number of imide groups is 1. The minimum absolute atomic E-state index is 0.0161. The summed E-state index contributed by atoms with van der Waals surface area (Å²) in [5, 5.41) is 0.836. The Bertz CT molecular complexity index is 1010. The van der Waals surface area contributed by atoms with Crippen molar-refractivity contribution in [3.63, 3.8) is 0 Å². The predicted molar refractivity (Wildman–Crippen MR) is 111 cm³/mol. The smallest absolute Gasteiger partial charge is 0.340 e. The molecule has 2 saturated carbocycles. The Labute approximate surface area is 175 Å². The second kappa shape index (κ2) is 7.23. The van der Waals surface area contributed by atoms with E-state index in [4.69, 9.17) is 4.74 Å². The normalized spacial score (nSPS) is 30.0. The average Bonchev–Trinajstić information content (AvgIpc) is 3.45. The molecule has 5 rings (SSSR count). The van der Waals surface area contributed by atoms with E-state index in [1.807, 2.05) is 38.4 Å². The van der Waals surface area contributed by atoms with E-state index in [1.54, 1.807) is 6.20 Å². The second-order valence-electron chi connectivity index (χ2n) is 9.12. The number of hydrogen-bond donors (Lipinski definition) is 1. The van der Waals surface area contributed by atoms with E-state index in [9.17, 15) is 14.4 Å². The van der Waals surface area contributed by atoms with E-state index in [0.717, 1.165) is 30.3 Å². The molecule has 1 aromatic heterocycles. The van der Waals surface area contributed by atoms with Gasteiger partial charge in [0, 0.05) is 29.6 Å². The summed E-state index contributed by atoms with van der Waals surface area (Å²) in [5.41, 5.74) is 1.41. The Morgan fingerprint density at radius 2 is 1.93 bits per heavy atom. The lowest BCUT2D eigenvalue weighted by Gasteiger charge is -2.28. The maximum Gasteiger partial charge on any atom is 0.340 e. The van der Waals surface area contributed by atoms with Gasteiger partial charge in [-0.05, 0) is 51.9 Å². The zero-order valence-corrected chi connectivity index (χ0v) is 17.3. The molecule has 2 aromatic rings. The monoisotopic (exact) mass is 409 g/mol. The molecule has 158 valence electrons. The highest BCUT2D eigenvalue weighted by Gasteiger charge is 2.64. The fourth-order valence-electron chi connectivity index (χ4n) is 5.80. The topological polar surface area (TPSA) is 82.7 Å². The third-order valence-corrected chi connectivity index (χ3v) is 7.10. The summed E-state index contributed by atoms with van der Waals surface area (Å²) in [6, 6.07) is 7.62. The van der Waals surface area contributed by atoms with Crippen molar-refractivity contribution in [2.45, 2.75) is 25.4 Å². The summed E-state index contributed by atoms with van der Waals surface area (Å²) >= 11 is 0. The Hall–Kier alpha value is -2.67. The van der Waals surface area contributed by atoms with E-state index in [-0.39, 0.29) is 47.6 Å². The number of aromatic amines is 1. The lowest BCUT2D eigenvalue weighted by atomic mass is 9.79. The van der Waals surface area contributed by atoms with Gasteiger partial charge in [0.15, 0.2) is 0 Å². The lowest BCUT2D eigenvalue weighted by Crippen LogP contribution is -2.37. The second-order valence-corrected chi connectivity index (χ2v) is 9.12. The van der Waals surface area contributed by atoms with Crippen LogP contribution in [0.1, 0.15) is 29.6 Å². The van der Waals surface area contributed by atoms with Crippen LogP contribution in [0.4, 0.5) is 0 Å². The minimum atomic E-state index is -0.360. The largest absolute Gasteiger partial charge is 0.458 e. The predicted octanol–water partition coefficient (Wildman–Crippen LogP) is 2.29. The summed E-state index contributed by atoms with van der Waals surface area (Å²) in [6.07, 6.45) is 3.63. The zero-order chi connectivity index (χ0) is 21.0. The van der Waals surface area contributed by atoms with Crippen LogP contribution >= 0.6 is 0 Å². The van der Waals surface area contributed by atoms with Gasteiger partial charge >= 0.3 is 5.97 Å². The van der Waals surface area contributed by atoms with E-state index >= 15 is 0 Å². The number of fused-ring (bicyclic) bond motifs is 6. The number of carbonyl (C=O) groups excluding carboxylic acids is 3. The molecule has 7 heteroatoms. The molecular weight excluding hydrogens is 382 g/mol. The highest BCUT2D eigenvalue weighted by Crippen LogP contribution is 2.57. The van der Waals surface area contributed by atoms with Crippen molar-refractivity contribution in [2.24, 2.45) is 23.7 Å².